The van der Waals surface area contributed by atoms with Crippen LogP contribution in [0.4, 0.5) is 13.2 Å². The van der Waals surface area contributed by atoms with Crippen molar-refractivity contribution in [3.8, 4) is 0 Å². The maximum atomic E-state index is 13.8. The van der Waals surface area contributed by atoms with Crippen LogP contribution in [-0.2, 0) is 0 Å². The molecule has 108 valence electrons. The normalized spacial score (nSPS) is 12.7. The summed E-state index contributed by atoms with van der Waals surface area (Å²) in [4.78, 5) is 0. The average molecular weight is 273 g/mol. The fourth-order valence-electron chi connectivity index (χ4n) is 2.09. The standard InChI is InChI=1S/C15H22F3N/c1-3-5-6-7-15(19-8-4-2)11-9-13(17)14(18)10-12(11)16/h9-10,15,19H,3-8H2,1-2H3. The fourth-order valence-corrected chi connectivity index (χ4v) is 2.09. The first-order chi connectivity index (χ1) is 9.10. The highest BCUT2D eigenvalue weighted by Gasteiger charge is 2.18. The van der Waals surface area contributed by atoms with Crippen molar-refractivity contribution in [2.45, 2.75) is 52.0 Å². The number of benzene rings is 1. The molecule has 0 spiro atoms. The van der Waals surface area contributed by atoms with Crippen molar-refractivity contribution in [3.05, 3.63) is 35.1 Å². The third-order valence-corrected chi connectivity index (χ3v) is 3.15. The first-order valence-corrected chi connectivity index (χ1v) is 6.98. The first kappa shape index (κ1) is 16.0. The smallest absolute Gasteiger partial charge is 0.161 e. The molecule has 0 saturated carbocycles. The summed E-state index contributed by atoms with van der Waals surface area (Å²) in [6.07, 6.45) is 4.71. The first-order valence-electron chi connectivity index (χ1n) is 6.98. The number of unbranched alkanes of at least 4 members (excludes halogenated alkanes) is 2. The van der Waals surface area contributed by atoms with Gasteiger partial charge < -0.3 is 5.32 Å². The van der Waals surface area contributed by atoms with Crippen molar-refractivity contribution in [2.75, 3.05) is 6.54 Å². The van der Waals surface area contributed by atoms with Crippen LogP contribution in [0.2, 0.25) is 0 Å². The minimum absolute atomic E-state index is 0.225. The van der Waals surface area contributed by atoms with Gasteiger partial charge in [0, 0.05) is 17.7 Å². The molecule has 4 heteroatoms. The quantitative estimate of drug-likeness (QED) is 0.533. The Balaban J connectivity index is 2.85. The monoisotopic (exact) mass is 273 g/mol. The van der Waals surface area contributed by atoms with Crippen LogP contribution in [-0.4, -0.2) is 6.54 Å². The summed E-state index contributed by atoms with van der Waals surface area (Å²) in [5.41, 5.74) is 0.225. The van der Waals surface area contributed by atoms with E-state index in [1.54, 1.807) is 0 Å². The molecule has 1 aromatic carbocycles. The maximum Gasteiger partial charge on any atom is 0.161 e. The lowest BCUT2D eigenvalue weighted by Crippen LogP contribution is -2.23. The van der Waals surface area contributed by atoms with Gasteiger partial charge in [-0.15, -0.1) is 0 Å². The summed E-state index contributed by atoms with van der Waals surface area (Å²) in [6.45, 7) is 4.83. The molecular weight excluding hydrogens is 251 g/mol. The Morgan fingerprint density at radius 1 is 0.947 bits per heavy atom. The van der Waals surface area contributed by atoms with Gasteiger partial charge in [-0.3, -0.25) is 0 Å². The van der Waals surface area contributed by atoms with E-state index in [0.717, 1.165) is 44.7 Å². The lowest BCUT2D eigenvalue weighted by Gasteiger charge is -2.19. The zero-order chi connectivity index (χ0) is 14.3. The van der Waals surface area contributed by atoms with Crippen LogP contribution in [0.1, 0.15) is 57.6 Å². The zero-order valence-electron chi connectivity index (χ0n) is 11.6. The van der Waals surface area contributed by atoms with Crippen molar-refractivity contribution in [2.24, 2.45) is 0 Å². The van der Waals surface area contributed by atoms with E-state index in [9.17, 15) is 13.2 Å². The Bertz CT molecular complexity index is 393. The molecule has 1 rings (SSSR count). The van der Waals surface area contributed by atoms with Gasteiger partial charge in [-0.25, -0.2) is 13.2 Å². The molecule has 19 heavy (non-hydrogen) atoms. The lowest BCUT2D eigenvalue weighted by molar-refractivity contribution is 0.439. The van der Waals surface area contributed by atoms with Crippen LogP contribution in [0.3, 0.4) is 0 Å². The van der Waals surface area contributed by atoms with E-state index in [0.29, 0.717) is 6.07 Å². The highest BCUT2D eigenvalue weighted by molar-refractivity contribution is 5.23. The number of halogens is 3. The highest BCUT2D eigenvalue weighted by Crippen LogP contribution is 2.25. The van der Waals surface area contributed by atoms with Crippen LogP contribution in [0.15, 0.2) is 12.1 Å². The molecule has 0 amide bonds. The largest absolute Gasteiger partial charge is 0.310 e. The third kappa shape index (κ3) is 4.86. The van der Waals surface area contributed by atoms with Crippen molar-refractivity contribution < 1.29 is 13.2 Å². The summed E-state index contributed by atoms with van der Waals surface area (Å²) in [7, 11) is 0. The van der Waals surface area contributed by atoms with Crippen LogP contribution in [0.5, 0.6) is 0 Å². The molecule has 0 radical (unpaired) electrons. The molecule has 1 aromatic rings. The molecule has 0 saturated heterocycles. The summed E-state index contributed by atoms with van der Waals surface area (Å²) in [5.74, 6) is -2.80. The van der Waals surface area contributed by atoms with Gasteiger partial charge in [-0.05, 0) is 25.5 Å². The summed E-state index contributed by atoms with van der Waals surface area (Å²) >= 11 is 0. The van der Waals surface area contributed by atoms with E-state index in [4.69, 9.17) is 0 Å². The van der Waals surface area contributed by atoms with Gasteiger partial charge >= 0.3 is 0 Å². The maximum absolute atomic E-state index is 13.8. The van der Waals surface area contributed by atoms with Gasteiger partial charge in [0.2, 0.25) is 0 Å². The zero-order valence-corrected chi connectivity index (χ0v) is 11.6. The fraction of sp³-hybridized carbons (Fsp3) is 0.600. The second-order valence-electron chi connectivity index (χ2n) is 4.79. The number of hydrogen-bond acceptors (Lipinski definition) is 1. The van der Waals surface area contributed by atoms with E-state index in [1.165, 1.54) is 0 Å². The van der Waals surface area contributed by atoms with Crippen molar-refractivity contribution >= 4 is 0 Å². The summed E-state index contributed by atoms with van der Waals surface area (Å²) in [6, 6.07) is 1.36. The Morgan fingerprint density at radius 2 is 1.63 bits per heavy atom. The van der Waals surface area contributed by atoms with E-state index in [2.05, 4.69) is 12.2 Å². The molecule has 1 N–H and O–H groups in total. The van der Waals surface area contributed by atoms with Gasteiger partial charge in [0.1, 0.15) is 5.82 Å². The summed E-state index contributed by atoms with van der Waals surface area (Å²) < 4.78 is 40.0. The molecular formula is C15H22F3N. The summed E-state index contributed by atoms with van der Waals surface area (Å²) in [5, 5.41) is 3.20. The Kier molecular flexibility index (Phi) is 6.92. The van der Waals surface area contributed by atoms with E-state index in [-0.39, 0.29) is 11.6 Å². The van der Waals surface area contributed by atoms with Gasteiger partial charge in [0.15, 0.2) is 11.6 Å². The number of rotatable bonds is 8. The van der Waals surface area contributed by atoms with Crippen LogP contribution in [0.25, 0.3) is 0 Å². The Labute approximate surface area is 113 Å². The van der Waals surface area contributed by atoms with Gasteiger partial charge in [0.05, 0.1) is 0 Å². The molecule has 1 unspecified atom stereocenters. The predicted octanol–water partition coefficient (Wildman–Crippen LogP) is 4.72. The Hall–Kier alpha value is -1.03. The molecule has 1 atom stereocenters. The molecule has 0 heterocycles. The lowest BCUT2D eigenvalue weighted by atomic mass is 9.99. The van der Waals surface area contributed by atoms with Crippen LogP contribution in [0, 0.1) is 17.5 Å². The number of hydrogen-bond donors (Lipinski definition) is 1. The third-order valence-electron chi connectivity index (χ3n) is 3.15. The van der Waals surface area contributed by atoms with Gasteiger partial charge in [-0.2, -0.15) is 0 Å². The van der Waals surface area contributed by atoms with Gasteiger partial charge in [-0.1, -0.05) is 33.1 Å². The molecule has 1 nitrogen and oxygen atoms in total. The van der Waals surface area contributed by atoms with E-state index in [1.807, 2.05) is 6.92 Å². The predicted molar refractivity (Wildman–Crippen MR) is 71.5 cm³/mol. The molecule has 0 aliphatic carbocycles. The molecule has 0 aromatic heterocycles. The SMILES string of the molecule is CCCCCC(NCCC)c1cc(F)c(F)cc1F. The highest BCUT2D eigenvalue weighted by atomic mass is 19.2. The molecule has 0 bridgehead atoms. The van der Waals surface area contributed by atoms with E-state index < -0.39 is 17.5 Å². The molecule has 0 aliphatic heterocycles. The molecule has 0 fully saturated rings. The van der Waals surface area contributed by atoms with Crippen LogP contribution >= 0.6 is 0 Å². The molecule has 0 aliphatic rings. The second kappa shape index (κ2) is 8.20. The van der Waals surface area contributed by atoms with Crippen molar-refractivity contribution in [1.82, 2.24) is 5.32 Å². The van der Waals surface area contributed by atoms with Crippen molar-refractivity contribution in [1.29, 1.82) is 0 Å². The topological polar surface area (TPSA) is 12.0 Å². The second-order valence-corrected chi connectivity index (χ2v) is 4.79. The Morgan fingerprint density at radius 3 is 2.26 bits per heavy atom. The van der Waals surface area contributed by atoms with Crippen molar-refractivity contribution in [3.63, 3.8) is 0 Å². The van der Waals surface area contributed by atoms with Crippen LogP contribution < -0.4 is 5.32 Å². The number of nitrogens with one attached hydrogen (secondary N) is 1. The van der Waals surface area contributed by atoms with E-state index >= 15 is 0 Å². The minimum atomic E-state index is -1.14. The minimum Gasteiger partial charge on any atom is -0.310 e. The van der Waals surface area contributed by atoms with Gasteiger partial charge in [0.25, 0.3) is 0 Å². The average Bonchev–Trinajstić information content (AvgIpc) is 2.38.